The van der Waals surface area contributed by atoms with Gasteiger partial charge in [0.15, 0.2) is 0 Å². The number of likely N-dealkylation sites (tertiary alicyclic amines) is 1. The molecule has 1 aliphatic heterocycles. The van der Waals surface area contributed by atoms with E-state index in [1.165, 1.54) is 32.1 Å². The lowest BCUT2D eigenvalue weighted by Crippen LogP contribution is -2.37. The maximum atomic E-state index is 10.2. The van der Waals surface area contributed by atoms with E-state index in [0.717, 1.165) is 24.4 Å². The molecule has 0 bridgehead atoms. The first-order valence-electron chi connectivity index (χ1n) is 8.10. The zero-order chi connectivity index (χ0) is 14.9. The molecule has 1 atom stereocenters. The number of nitrogens with two attached hydrogens (primary N) is 1. The summed E-state index contributed by atoms with van der Waals surface area (Å²) in [6, 6.07) is 7.75. The zero-order valence-corrected chi connectivity index (χ0v) is 12.8. The maximum Gasteiger partial charge on any atom is 0.119 e. The van der Waals surface area contributed by atoms with Crippen molar-refractivity contribution >= 4 is 0 Å². The Morgan fingerprint density at radius 3 is 2.57 bits per heavy atom. The molecule has 0 aliphatic carbocycles. The number of benzene rings is 1. The summed E-state index contributed by atoms with van der Waals surface area (Å²) in [6.45, 7) is 3.74. The van der Waals surface area contributed by atoms with E-state index in [-0.39, 0.29) is 0 Å². The number of β-amino-alcohol motifs (C(OH)–C–C–N with tert-alkyl or cyclic N) is 1. The first-order valence-corrected chi connectivity index (χ1v) is 8.10. The monoisotopic (exact) mass is 292 g/mol. The Morgan fingerprint density at radius 1 is 1.14 bits per heavy atom. The third-order valence-corrected chi connectivity index (χ3v) is 3.99. The van der Waals surface area contributed by atoms with Gasteiger partial charge >= 0.3 is 0 Å². The van der Waals surface area contributed by atoms with Gasteiger partial charge in [0.25, 0.3) is 0 Å². The van der Waals surface area contributed by atoms with Crippen molar-refractivity contribution in [3.05, 3.63) is 29.8 Å². The number of nitrogens with zero attached hydrogens (tertiary/aromatic N) is 1. The zero-order valence-electron chi connectivity index (χ0n) is 12.8. The second-order valence-corrected chi connectivity index (χ2v) is 5.88. The van der Waals surface area contributed by atoms with E-state index in [1.807, 2.05) is 24.3 Å². The molecule has 1 heterocycles. The predicted octanol–water partition coefficient (Wildman–Crippen LogP) is 2.15. The van der Waals surface area contributed by atoms with Gasteiger partial charge in [0.2, 0.25) is 0 Å². The third-order valence-electron chi connectivity index (χ3n) is 3.99. The van der Waals surface area contributed by atoms with E-state index in [1.54, 1.807) is 0 Å². The predicted molar refractivity (Wildman–Crippen MR) is 85.4 cm³/mol. The number of hydrogen-bond donors (Lipinski definition) is 2. The van der Waals surface area contributed by atoms with Crippen molar-refractivity contribution in [1.29, 1.82) is 0 Å². The van der Waals surface area contributed by atoms with Gasteiger partial charge in [-0.2, -0.15) is 0 Å². The molecular weight excluding hydrogens is 264 g/mol. The van der Waals surface area contributed by atoms with Crippen LogP contribution in [0, 0.1) is 0 Å². The van der Waals surface area contributed by atoms with Crippen LogP contribution >= 0.6 is 0 Å². The van der Waals surface area contributed by atoms with Gasteiger partial charge in [0.1, 0.15) is 18.5 Å². The highest BCUT2D eigenvalue weighted by Gasteiger charge is 2.13. The quantitative estimate of drug-likeness (QED) is 0.843. The highest BCUT2D eigenvalue weighted by Crippen LogP contribution is 2.14. The Morgan fingerprint density at radius 2 is 1.86 bits per heavy atom. The topological polar surface area (TPSA) is 58.7 Å². The van der Waals surface area contributed by atoms with Crippen LogP contribution in [0.15, 0.2) is 24.3 Å². The molecule has 1 aromatic rings. The highest BCUT2D eigenvalue weighted by molar-refractivity contribution is 5.28. The molecule has 0 spiro atoms. The molecule has 0 saturated carbocycles. The molecule has 0 amide bonds. The molecule has 21 heavy (non-hydrogen) atoms. The SMILES string of the molecule is NCc1cccc(OCC(O)CN2CCCCCCC2)c1. The minimum Gasteiger partial charge on any atom is -0.491 e. The van der Waals surface area contributed by atoms with Crippen molar-refractivity contribution in [2.24, 2.45) is 5.73 Å². The first-order chi connectivity index (χ1) is 10.3. The Bertz CT molecular complexity index is 404. The van der Waals surface area contributed by atoms with Gasteiger partial charge < -0.3 is 20.5 Å². The van der Waals surface area contributed by atoms with Gasteiger partial charge in [-0.05, 0) is 43.6 Å². The summed E-state index contributed by atoms with van der Waals surface area (Å²) in [4.78, 5) is 2.36. The Hall–Kier alpha value is -1.10. The van der Waals surface area contributed by atoms with Crippen LogP contribution in [-0.2, 0) is 6.54 Å². The summed E-state index contributed by atoms with van der Waals surface area (Å²) in [5.41, 5.74) is 6.66. The number of hydrogen-bond acceptors (Lipinski definition) is 4. The van der Waals surface area contributed by atoms with Gasteiger partial charge in [-0.1, -0.05) is 31.4 Å². The van der Waals surface area contributed by atoms with E-state index in [2.05, 4.69) is 4.90 Å². The third kappa shape index (κ3) is 6.04. The second kappa shape index (κ2) is 9.03. The minimum atomic E-state index is -0.439. The van der Waals surface area contributed by atoms with Crippen LogP contribution in [0.2, 0.25) is 0 Å². The lowest BCUT2D eigenvalue weighted by molar-refractivity contribution is 0.0654. The Balaban J connectivity index is 1.74. The number of aliphatic hydroxyl groups excluding tert-OH is 1. The van der Waals surface area contributed by atoms with E-state index in [9.17, 15) is 5.11 Å². The second-order valence-electron chi connectivity index (χ2n) is 5.88. The van der Waals surface area contributed by atoms with E-state index < -0.39 is 6.10 Å². The van der Waals surface area contributed by atoms with Gasteiger partial charge in [0, 0.05) is 13.1 Å². The van der Waals surface area contributed by atoms with Crippen LogP contribution in [0.3, 0.4) is 0 Å². The van der Waals surface area contributed by atoms with Crippen LogP contribution in [0.1, 0.15) is 37.7 Å². The molecule has 1 fully saturated rings. The standard InChI is InChI=1S/C17H28N2O2/c18-12-15-7-6-8-17(11-15)21-14-16(20)13-19-9-4-2-1-3-5-10-19/h6-8,11,16,20H,1-5,9-10,12-14,18H2. The summed E-state index contributed by atoms with van der Waals surface area (Å²) in [7, 11) is 0. The van der Waals surface area contributed by atoms with Crippen molar-refractivity contribution in [1.82, 2.24) is 4.90 Å². The number of aliphatic hydroxyl groups is 1. The molecule has 3 N–H and O–H groups in total. The molecule has 1 saturated heterocycles. The Labute approximate surface area is 127 Å². The largest absolute Gasteiger partial charge is 0.491 e. The summed E-state index contributed by atoms with van der Waals surface area (Å²) < 4.78 is 5.68. The summed E-state index contributed by atoms with van der Waals surface area (Å²) in [6.07, 6.45) is 6.03. The summed E-state index contributed by atoms with van der Waals surface area (Å²) in [5.74, 6) is 0.782. The van der Waals surface area contributed by atoms with Crippen molar-refractivity contribution in [3.8, 4) is 5.75 Å². The smallest absolute Gasteiger partial charge is 0.119 e. The van der Waals surface area contributed by atoms with Crippen LogP contribution in [-0.4, -0.2) is 42.4 Å². The van der Waals surface area contributed by atoms with E-state index >= 15 is 0 Å². The maximum absolute atomic E-state index is 10.2. The average molecular weight is 292 g/mol. The summed E-state index contributed by atoms with van der Waals surface area (Å²) >= 11 is 0. The van der Waals surface area contributed by atoms with Gasteiger partial charge in [-0.3, -0.25) is 0 Å². The fourth-order valence-corrected chi connectivity index (χ4v) is 2.80. The van der Waals surface area contributed by atoms with Gasteiger partial charge in [-0.15, -0.1) is 0 Å². The van der Waals surface area contributed by atoms with Gasteiger partial charge in [0.05, 0.1) is 0 Å². The molecule has 0 radical (unpaired) electrons. The van der Waals surface area contributed by atoms with Crippen LogP contribution < -0.4 is 10.5 Å². The number of rotatable bonds is 6. The average Bonchev–Trinajstić information content (AvgIpc) is 2.48. The molecule has 1 aromatic carbocycles. The minimum absolute atomic E-state index is 0.338. The molecule has 4 nitrogen and oxygen atoms in total. The molecule has 1 unspecified atom stereocenters. The molecule has 4 heteroatoms. The van der Waals surface area contributed by atoms with Crippen LogP contribution in [0.4, 0.5) is 0 Å². The van der Waals surface area contributed by atoms with E-state index in [0.29, 0.717) is 19.7 Å². The number of ether oxygens (including phenoxy) is 1. The molecule has 2 rings (SSSR count). The summed E-state index contributed by atoms with van der Waals surface area (Å²) in [5, 5.41) is 10.2. The molecule has 1 aliphatic rings. The van der Waals surface area contributed by atoms with Crippen molar-refractivity contribution < 1.29 is 9.84 Å². The van der Waals surface area contributed by atoms with Crippen molar-refractivity contribution in [2.45, 2.75) is 44.8 Å². The van der Waals surface area contributed by atoms with Crippen LogP contribution in [0.25, 0.3) is 0 Å². The fourth-order valence-electron chi connectivity index (χ4n) is 2.80. The van der Waals surface area contributed by atoms with Crippen LogP contribution in [0.5, 0.6) is 5.75 Å². The normalized spacial score (nSPS) is 18.8. The van der Waals surface area contributed by atoms with Crippen molar-refractivity contribution in [3.63, 3.8) is 0 Å². The first kappa shape index (κ1) is 16.3. The molecule has 0 aromatic heterocycles. The Kier molecular flexibility index (Phi) is 7.00. The fraction of sp³-hybridized carbons (Fsp3) is 0.647. The molecular formula is C17H28N2O2. The van der Waals surface area contributed by atoms with Gasteiger partial charge in [-0.25, -0.2) is 0 Å². The lowest BCUT2D eigenvalue weighted by atomic mass is 10.1. The molecule has 118 valence electrons. The lowest BCUT2D eigenvalue weighted by Gasteiger charge is -2.26. The van der Waals surface area contributed by atoms with E-state index in [4.69, 9.17) is 10.5 Å². The van der Waals surface area contributed by atoms with Crippen molar-refractivity contribution in [2.75, 3.05) is 26.2 Å². The highest BCUT2D eigenvalue weighted by atomic mass is 16.5.